The number of hydrogen-bond donors (Lipinski definition) is 1. The molecule has 0 spiro atoms. The zero-order chi connectivity index (χ0) is 8.97. The fourth-order valence-electron chi connectivity index (χ4n) is 1.06. The molecule has 0 bridgehead atoms. The molecule has 1 rings (SSSR count). The van der Waals surface area contributed by atoms with Crippen LogP contribution in [0.2, 0.25) is 0 Å². The lowest BCUT2D eigenvalue weighted by atomic mass is 10.3. The van der Waals surface area contributed by atoms with Crippen LogP contribution in [0, 0.1) is 13.8 Å². The summed E-state index contributed by atoms with van der Waals surface area (Å²) < 4.78 is 0. The molecule has 0 aliphatic heterocycles. The summed E-state index contributed by atoms with van der Waals surface area (Å²) in [5, 5.41) is 3.04. The maximum absolute atomic E-state index is 4.26. The minimum atomic E-state index is 1.02. The van der Waals surface area contributed by atoms with Crippen molar-refractivity contribution in [2.45, 2.75) is 13.8 Å². The highest BCUT2D eigenvalue weighted by atomic mass is 14.9. The Labute approximate surface area is 72.6 Å². The van der Waals surface area contributed by atoms with Crippen molar-refractivity contribution in [3.8, 4) is 0 Å². The summed E-state index contributed by atoms with van der Waals surface area (Å²) in [5.74, 6) is 0. The Balaban J connectivity index is 2.85. The Morgan fingerprint density at radius 3 is 2.42 bits per heavy atom. The lowest BCUT2D eigenvalue weighted by Crippen LogP contribution is -1.96. The first kappa shape index (κ1) is 8.71. The van der Waals surface area contributed by atoms with Gasteiger partial charge in [-0.25, -0.2) is 0 Å². The van der Waals surface area contributed by atoms with Crippen LogP contribution in [0.5, 0.6) is 0 Å². The zero-order valence-corrected chi connectivity index (χ0v) is 7.63. The van der Waals surface area contributed by atoms with Crippen LogP contribution in [0.25, 0.3) is 0 Å². The number of aliphatic imine (C=N–C) groups is 1. The zero-order valence-electron chi connectivity index (χ0n) is 7.63. The van der Waals surface area contributed by atoms with Gasteiger partial charge in [-0.05, 0) is 26.0 Å². The second-order valence-corrected chi connectivity index (χ2v) is 2.67. The predicted octanol–water partition coefficient (Wildman–Crippen LogP) is 1.77. The van der Waals surface area contributed by atoms with E-state index in [0.29, 0.717) is 0 Å². The molecule has 3 heteroatoms. The first-order valence-electron chi connectivity index (χ1n) is 3.85. The second-order valence-electron chi connectivity index (χ2n) is 2.67. The predicted molar refractivity (Wildman–Crippen MR) is 51.7 cm³/mol. The monoisotopic (exact) mass is 163 g/mol. The summed E-state index contributed by atoms with van der Waals surface area (Å²) in [6, 6.07) is 3.96. The molecule has 0 aromatic carbocycles. The standard InChI is InChI=1S/C9H13N3/c1-7-4-9(11-6-10-3)5-8(2)12-7/h4-6H,1-3H3,(H,10,11,12). The van der Waals surface area contributed by atoms with Gasteiger partial charge in [0, 0.05) is 24.1 Å². The highest BCUT2D eigenvalue weighted by molar-refractivity contribution is 5.75. The van der Waals surface area contributed by atoms with E-state index in [9.17, 15) is 0 Å². The molecule has 0 saturated heterocycles. The van der Waals surface area contributed by atoms with E-state index in [1.54, 1.807) is 13.4 Å². The van der Waals surface area contributed by atoms with Gasteiger partial charge in [0.25, 0.3) is 0 Å². The summed E-state index contributed by atoms with van der Waals surface area (Å²) in [7, 11) is 1.73. The van der Waals surface area contributed by atoms with Gasteiger partial charge in [-0.15, -0.1) is 0 Å². The number of nitrogens with zero attached hydrogens (tertiary/aromatic N) is 2. The molecule has 1 aromatic rings. The highest BCUT2D eigenvalue weighted by Gasteiger charge is 1.93. The number of pyridine rings is 1. The molecule has 12 heavy (non-hydrogen) atoms. The molecule has 3 nitrogen and oxygen atoms in total. The lowest BCUT2D eigenvalue weighted by molar-refractivity contribution is 1.12. The van der Waals surface area contributed by atoms with Crippen molar-refractivity contribution in [2.75, 3.05) is 12.4 Å². The van der Waals surface area contributed by atoms with Crippen LogP contribution in [-0.4, -0.2) is 18.4 Å². The van der Waals surface area contributed by atoms with E-state index in [1.807, 2.05) is 26.0 Å². The van der Waals surface area contributed by atoms with E-state index in [0.717, 1.165) is 17.1 Å². The van der Waals surface area contributed by atoms with E-state index in [-0.39, 0.29) is 0 Å². The van der Waals surface area contributed by atoms with Gasteiger partial charge >= 0.3 is 0 Å². The molecule has 1 N–H and O–H groups in total. The van der Waals surface area contributed by atoms with Crippen LogP contribution in [0.3, 0.4) is 0 Å². The third-order valence-electron chi connectivity index (χ3n) is 1.44. The minimum absolute atomic E-state index is 1.02. The minimum Gasteiger partial charge on any atom is -0.347 e. The number of anilines is 1. The van der Waals surface area contributed by atoms with Gasteiger partial charge in [0.15, 0.2) is 0 Å². The van der Waals surface area contributed by atoms with E-state index in [4.69, 9.17) is 0 Å². The van der Waals surface area contributed by atoms with Crippen LogP contribution in [0.15, 0.2) is 17.1 Å². The van der Waals surface area contributed by atoms with Crippen molar-refractivity contribution >= 4 is 12.0 Å². The third kappa shape index (κ3) is 2.34. The van der Waals surface area contributed by atoms with Crippen molar-refractivity contribution in [1.82, 2.24) is 4.98 Å². The van der Waals surface area contributed by atoms with E-state index in [1.165, 1.54) is 0 Å². The van der Waals surface area contributed by atoms with Crippen LogP contribution >= 0.6 is 0 Å². The molecule has 0 unspecified atom stereocenters. The Morgan fingerprint density at radius 2 is 1.92 bits per heavy atom. The first-order valence-corrected chi connectivity index (χ1v) is 3.85. The lowest BCUT2D eigenvalue weighted by Gasteiger charge is -2.02. The molecule has 64 valence electrons. The van der Waals surface area contributed by atoms with Crippen molar-refractivity contribution in [2.24, 2.45) is 4.99 Å². The normalized spacial score (nSPS) is 10.6. The fraction of sp³-hybridized carbons (Fsp3) is 0.333. The van der Waals surface area contributed by atoms with E-state index >= 15 is 0 Å². The Hall–Kier alpha value is -1.38. The molecule has 0 fully saturated rings. The topological polar surface area (TPSA) is 37.3 Å². The molecule has 0 radical (unpaired) electrons. The molecule has 1 aromatic heterocycles. The van der Waals surface area contributed by atoms with Crippen LogP contribution in [0.4, 0.5) is 5.69 Å². The Morgan fingerprint density at radius 1 is 1.33 bits per heavy atom. The van der Waals surface area contributed by atoms with Crippen molar-refractivity contribution in [3.63, 3.8) is 0 Å². The number of nitrogens with one attached hydrogen (secondary N) is 1. The summed E-state index contributed by atoms with van der Waals surface area (Å²) in [6.07, 6.45) is 1.66. The number of aromatic nitrogens is 1. The van der Waals surface area contributed by atoms with Crippen molar-refractivity contribution in [3.05, 3.63) is 23.5 Å². The van der Waals surface area contributed by atoms with Gasteiger partial charge in [-0.2, -0.15) is 0 Å². The fourth-order valence-corrected chi connectivity index (χ4v) is 1.06. The van der Waals surface area contributed by atoms with Crippen LogP contribution < -0.4 is 5.32 Å². The molecule has 1 heterocycles. The van der Waals surface area contributed by atoms with Gasteiger partial charge in [0.1, 0.15) is 0 Å². The molecule has 0 saturated carbocycles. The molecule has 0 aliphatic carbocycles. The van der Waals surface area contributed by atoms with Gasteiger partial charge in [0.2, 0.25) is 0 Å². The van der Waals surface area contributed by atoms with Gasteiger partial charge in [0.05, 0.1) is 6.34 Å². The average Bonchev–Trinajstić information content (AvgIpc) is 1.99. The smallest absolute Gasteiger partial charge is 0.0864 e. The quantitative estimate of drug-likeness (QED) is 0.533. The molecule has 0 aliphatic rings. The highest BCUT2D eigenvalue weighted by Crippen LogP contribution is 2.08. The third-order valence-corrected chi connectivity index (χ3v) is 1.44. The average molecular weight is 163 g/mol. The van der Waals surface area contributed by atoms with Crippen molar-refractivity contribution < 1.29 is 0 Å². The largest absolute Gasteiger partial charge is 0.347 e. The summed E-state index contributed by atoms with van der Waals surface area (Å²) in [4.78, 5) is 8.09. The number of hydrogen-bond acceptors (Lipinski definition) is 2. The molecular weight excluding hydrogens is 150 g/mol. The first-order chi connectivity index (χ1) is 5.72. The Kier molecular flexibility index (Phi) is 2.80. The van der Waals surface area contributed by atoms with E-state index in [2.05, 4.69) is 15.3 Å². The molecule has 0 amide bonds. The summed E-state index contributed by atoms with van der Waals surface area (Å²) in [6.45, 7) is 3.95. The SMILES string of the molecule is CN=CNc1cc(C)nc(C)c1. The summed E-state index contributed by atoms with van der Waals surface area (Å²) >= 11 is 0. The second kappa shape index (κ2) is 3.85. The van der Waals surface area contributed by atoms with Crippen LogP contribution in [0.1, 0.15) is 11.4 Å². The van der Waals surface area contributed by atoms with Crippen molar-refractivity contribution in [1.29, 1.82) is 0 Å². The van der Waals surface area contributed by atoms with Gasteiger partial charge in [-0.3, -0.25) is 9.98 Å². The Bertz CT molecular complexity index is 272. The number of aryl methyl sites for hydroxylation is 2. The maximum Gasteiger partial charge on any atom is 0.0864 e. The molecular formula is C9H13N3. The van der Waals surface area contributed by atoms with E-state index < -0.39 is 0 Å². The summed E-state index contributed by atoms with van der Waals surface area (Å²) in [5.41, 5.74) is 3.06. The molecule has 0 atom stereocenters. The van der Waals surface area contributed by atoms with Crippen LogP contribution in [-0.2, 0) is 0 Å². The van der Waals surface area contributed by atoms with Gasteiger partial charge < -0.3 is 5.32 Å². The maximum atomic E-state index is 4.26. The number of rotatable bonds is 2. The van der Waals surface area contributed by atoms with Gasteiger partial charge in [-0.1, -0.05) is 0 Å².